The van der Waals surface area contributed by atoms with Gasteiger partial charge in [0.15, 0.2) is 5.78 Å². The van der Waals surface area contributed by atoms with Crippen LogP contribution in [0, 0.1) is 33.5 Å². The predicted molar refractivity (Wildman–Crippen MR) is 185 cm³/mol. The van der Waals surface area contributed by atoms with Crippen LogP contribution in [0.5, 0.6) is 0 Å². The number of nitrogens with zero attached hydrogens (tertiary/aromatic N) is 1. The summed E-state index contributed by atoms with van der Waals surface area (Å²) in [6, 6.07) is 18.1. The van der Waals surface area contributed by atoms with Gasteiger partial charge in [0, 0.05) is 40.5 Å². The molecule has 9 unspecified atom stereocenters. The lowest BCUT2D eigenvalue weighted by Crippen LogP contribution is -2.67. The van der Waals surface area contributed by atoms with Gasteiger partial charge in [0.2, 0.25) is 0 Å². The number of allylic oxidation sites excluding steroid dienone is 4. The molecule has 2 aromatic carbocycles. The summed E-state index contributed by atoms with van der Waals surface area (Å²) >= 11 is 0. The average Bonchev–Trinajstić information content (AvgIpc) is 3.34. The summed E-state index contributed by atoms with van der Waals surface area (Å²) in [5, 5.41) is 43.8. The Balaban J connectivity index is 1.36. The highest BCUT2D eigenvalue weighted by atomic mass is 16.3. The van der Waals surface area contributed by atoms with Crippen LogP contribution in [0.4, 0.5) is 0 Å². The molecule has 6 aliphatic carbocycles. The maximum atomic E-state index is 15.3. The number of ketones is 1. The van der Waals surface area contributed by atoms with E-state index in [2.05, 4.69) is 56.0 Å². The Morgan fingerprint density at radius 1 is 0.936 bits per heavy atom. The Morgan fingerprint density at radius 3 is 2.36 bits per heavy atom. The summed E-state index contributed by atoms with van der Waals surface area (Å²) in [5.74, 6) is 0.352. The smallest absolute Gasteiger partial charge is 0.190 e. The molecule has 47 heavy (non-hydrogen) atoms. The quantitative estimate of drug-likeness (QED) is 0.183. The number of Topliss-reactive ketones (excluding diaryl/α,β-unsaturated/α-hetero) is 1. The molecule has 0 heterocycles. The van der Waals surface area contributed by atoms with E-state index in [0.29, 0.717) is 31.5 Å². The van der Waals surface area contributed by atoms with Crippen LogP contribution in [0.15, 0.2) is 78.4 Å². The monoisotopic (exact) mass is 639 g/mol. The highest BCUT2D eigenvalue weighted by Gasteiger charge is 2.74. The molecule has 252 valence electrons. The van der Waals surface area contributed by atoms with Crippen LogP contribution in [0.25, 0.3) is 11.1 Å². The van der Waals surface area contributed by atoms with Gasteiger partial charge in [0.05, 0.1) is 24.4 Å². The average molecular weight is 640 g/mol. The van der Waals surface area contributed by atoms with Crippen molar-refractivity contribution < 1.29 is 25.2 Å². The normalized spacial score (nSPS) is 39.2. The Bertz CT molecular complexity index is 1570. The molecule has 0 aromatic heterocycles. The second-order valence-electron chi connectivity index (χ2n) is 16.1. The van der Waals surface area contributed by atoms with Crippen molar-refractivity contribution in [2.75, 3.05) is 26.2 Å². The second-order valence-corrected chi connectivity index (χ2v) is 16.1. The molecule has 6 aliphatic rings. The topological polar surface area (TPSA) is 101 Å². The third-order valence-corrected chi connectivity index (χ3v) is 13.9. The van der Waals surface area contributed by atoms with Crippen LogP contribution in [0.3, 0.4) is 0 Å². The van der Waals surface area contributed by atoms with E-state index in [1.165, 1.54) is 0 Å². The third-order valence-electron chi connectivity index (χ3n) is 13.9. The van der Waals surface area contributed by atoms with Gasteiger partial charge in [-0.05, 0) is 86.3 Å². The fourth-order valence-corrected chi connectivity index (χ4v) is 11.6. The Hall–Kier alpha value is -2.61. The first-order valence-electron chi connectivity index (χ1n) is 18.0. The summed E-state index contributed by atoms with van der Waals surface area (Å²) < 4.78 is 0. The maximum Gasteiger partial charge on any atom is 0.190 e. The van der Waals surface area contributed by atoms with Crippen molar-refractivity contribution in [1.82, 2.24) is 4.90 Å². The molecule has 0 amide bonds. The standard InChI is InChI=1S/C41H53NO5/c1-4-22-42(25-30(45)26-43)27-40(47)19-16-35-38(40,3)18-15-34-37(2)17-14-29(44)23-39(37)20-21-41(34,35)33(24-39)36(46)32-13-9-8-12-31(32)28-10-6-5-7-11-28/h5-13,20-21,24,29-30,34-35,43-45,47H,4,14-19,22-23,25-27H2,1-3H3. The van der Waals surface area contributed by atoms with Crippen LogP contribution in [0.1, 0.15) is 82.5 Å². The number of fused-ring (bicyclic) bond motifs is 1. The van der Waals surface area contributed by atoms with Crippen molar-refractivity contribution in [3.63, 3.8) is 0 Å². The van der Waals surface area contributed by atoms with Gasteiger partial charge in [-0.15, -0.1) is 0 Å². The molecular formula is C41H53NO5. The molecule has 6 nitrogen and oxygen atoms in total. The van der Waals surface area contributed by atoms with E-state index < -0.39 is 28.6 Å². The van der Waals surface area contributed by atoms with E-state index in [9.17, 15) is 20.4 Å². The minimum absolute atomic E-state index is 0.0577. The van der Waals surface area contributed by atoms with E-state index in [1.807, 2.05) is 42.5 Å². The first kappa shape index (κ1) is 32.9. The van der Waals surface area contributed by atoms with Gasteiger partial charge >= 0.3 is 0 Å². The zero-order chi connectivity index (χ0) is 33.2. The van der Waals surface area contributed by atoms with Gasteiger partial charge < -0.3 is 20.4 Å². The van der Waals surface area contributed by atoms with Gasteiger partial charge in [-0.1, -0.05) is 93.6 Å². The van der Waals surface area contributed by atoms with Gasteiger partial charge in [-0.25, -0.2) is 0 Å². The number of aliphatic hydroxyl groups excluding tert-OH is 3. The minimum atomic E-state index is -0.999. The Kier molecular flexibility index (Phi) is 8.24. The molecule has 4 N–H and O–H groups in total. The third kappa shape index (κ3) is 4.73. The first-order chi connectivity index (χ1) is 22.5. The Labute approximate surface area is 280 Å². The largest absolute Gasteiger partial charge is 0.394 e. The zero-order valence-corrected chi connectivity index (χ0v) is 28.4. The fraction of sp³-hybridized carbons (Fsp3) is 0.585. The van der Waals surface area contributed by atoms with E-state index >= 15 is 4.79 Å². The molecule has 0 saturated heterocycles. The van der Waals surface area contributed by atoms with Crippen molar-refractivity contribution in [2.24, 2.45) is 33.5 Å². The summed E-state index contributed by atoms with van der Waals surface area (Å²) in [6.45, 7) is 7.97. The van der Waals surface area contributed by atoms with E-state index in [1.54, 1.807) is 0 Å². The number of aliphatic hydroxyl groups is 4. The van der Waals surface area contributed by atoms with Crippen LogP contribution in [-0.2, 0) is 0 Å². The van der Waals surface area contributed by atoms with Crippen molar-refractivity contribution in [3.05, 3.63) is 84.0 Å². The van der Waals surface area contributed by atoms with Crippen LogP contribution in [0.2, 0.25) is 0 Å². The van der Waals surface area contributed by atoms with Crippen LogP contribution in [-0.4, -0.2) is 75.2 Å². The summed E-state index contributed by atoms with van der Waals surface area (Å²) in [4.78, 5) is 17.4. The van der Waals surface area contributed by atoms with Crippen molar-refractivity contribution in [2.45, 2.75) is 89.9 Å². The number of rotatable bonds is 10. The number of benzene rings is 2. The predicted octanol–water partition coefficient (Wildman–Crippen LogP) is 6.19. The van der Waals surface area contributed by atoms with Crippen molar-refractivity contribution in [1.29, 1.82) is 0 Å². The van der Waals surface area contributed by atoms with E-state index in [0.717, 1.165) is 61.8 Å². The number of hydrogen-bond donors (Lipinski definition) is 4. The number of carbonyl (C=O) groups excluding carboxylic acids is 1. The molecule has 3 fully saturated rings. The molecule has 8 rings (SSSR count). The minimum Gasteiger partial charge on any atom is -0.394 e. The van der Waals surface area contributed by atoms with Gasteiger partial charge in [-0.2, -0.15) is 0 Å². The SMILES string of the molecule is CCCN(CC(O)CO)CC1(O)CCC2C34C=CC5(C=C3C(=O)c3ccccc3-c3ccccc3)CC(O)CCC5(C)C4CCC21C. The first-order valence-corrected chi connectivity index (χ1v) is 18.0. The van der Waals surface area contributed by atoms with Crippen molar-refractivity contribution >= 4 is 5.78 Å². The summed E-state index contributed by atoms with van der Waals surface area (Å²) in [7, 11) is 0. The summed E-state index contributed by atoms with van der Waals surface area (Å²) in [6.07, 6.45) is 12.2. The van der Waals surface area contributed by atoms with Gasteiger partial charge in [0.25, 0.3) is 0 Å². The zero-order valence-electron chi connectivity index (χ0n) is 28.4. The van der Waals surface area contributed by atoms with Crippen LogP contribution >= 0.6 is 0 Å². The molecule has 2 spiro atoms. The maximum absolute atomic E-state index is 15.3. The molecule has 0 aliphatic heterocycles. The fourth-order valence-electron chi connectivity index (χ4n) is 11.6. The highest BCUT2D eigenvalue weighted by molar-refractivity contribution is 6.14. The lowest BCUT2D eigenvalue weighted by atomic mass is 9.32. The van der Waals surface area contributed by atoms with Gasteiger partial charge in [0.1, 0.15) is 0 Å². The lowest BCUT2D eigenvalue weighted by molar-refractivity contribution is -0.177. The van der Waals surface area contributed by atoms with Gasteiger partial charge in [-0.3, -0.25) is 9.69 Å². The molecule has 9 atom stereocenters. The van der Waals surface area contributed by atoms with E-state index in [-0.39, 0.29) is 35.1 Å². The lowest BCUT2D eigenvalue weighted by Gasteiger charge is -2.71. The molecule has 3 saturated carbocycles. The van der Waals surface area contributed by atoms with Crippen molar-refractivity contribution in [3.8, 4) is 11.1 Å². The molecule has 0 radical (unpaired) electrons. The second kappa shape index (κ2) is 11.8. The highest BCUT2D eigenvalue weighted by Crippen LogP contribution is 2.78. The van der Waals surface area contributed by atoms with E-state index in [4.69, 9.17) is 0 Å². The molecule has 2 bridgehead atoms. The Morgan fingerprint density at radius 2 is 1.62 bits per heavy atom. The molecular weight excluding hydrogens is 586 g/mol. The number of carbonyl (C=O) groups is 1. The molecule has 2 aromatic rings. The number of hydrogen-bond acceptors (Lipinski definition) is 6. The molecule has 6 heteroatoms. The summed E-state index contributed by atoms with van der Waals surface area (Å²) in [5.41, 5.74) is 1.06. The van der Waals surface area contributed by atoms with Crippen LogP contribution < -0.4 is 0 Å².